The first-order valence-electron chi connectivity index (χ1n) is 3.10. The van der Waals surface area contributed by atoms with Gasteiger partial charge < -0.3 is 0 Å². The van der Waals surface area contributed by atoms with Gasteiger partial charge in [-0.15, -0.1) is 0 Å². The third kappa shape index (κ3) is 3.33. The molecule has 0 fully saturated rings. The molecule has 0 bridgehead atoms. The van der Waals surface area contributed by atoms with Crippen molar-refractivity contribution in [2.45, 2.75) is 32.7 Å². The highest BCUT2D eigenvalue weighted by molar-refractivity contribution is 7.77. The lowest BCUT2D eigenvalue weighted by atomic mass is 10.2. The quantitative estimate of drug-likeness (QED) is 0.576. The predicted octanol–water partition coefficient (Wildman–Crippen LogP) is 1.95. The average molecular weight is 133 g/mol. The molecule has 1 atom stereocenters. The molecule has 0 heterocycles. The van der Waals surface area contributed by atoms with Crippen molar-refractivity contribution in [1.29, 1.82) is 0 Å². The van der Waals surface area contributed by atoms with Gasteiger partial charge in [-0.2, -0.15) is 0 Å². The normalized spacial score (nSPS) is 14.6. The molecule has 1 nitrogen and oxygen atoms in total. The molecule has 8 heavy (non-hydrogen) atoms. The van der Waals surface area contributed by atoms with Crippen LogP contribution in [-0.2, 0) is 0 Å². The molecule has 0 N–H and O–H groups in total. The van der Waals surface area contributed by atoms with Gasteiger partial charge in [-0.1, -0.05) is 26.2 Å². The molecular formula is C6H15NS. The second-order valence-electron chi connectivity index (χ2n) is 2.21. The van der Waals surface area contributed by atoms with Crippen molar-refractivity contribution in [1.82, 2.24) is 4.31 Å². The Morgan fingerprint density at radius 1 is 1.62 bits per heavy atom. The van der Waals surface area contributed by atoms with Gasteiger partial charge in [-0.05, 0) is 20.4 Å². The summed E-state index contributed by atoms with van der Waals surface area (Å²) in [4.78, 5) is 0. The van der Waals surface area contributed by atoms with Crippen molar-refractivity contribution in [3.05, 3.63) is 0 Å². The van der Waals surface area contributed by atoms with Crippen molar-refractivity contribution in [2.24, 2.45) is 0 Å². The summed E-state index contributed by atoms with van der Waals surface area (Å²) in [7, 11) is 1.99. The zero-order valence-electron chi connectivity index (χ0n) is 5.89. The Kier molecular flexibility index (Phi) is 4.38. The van der Waals surface area contributed by atoms with E-state index in [1.807, 2.05) is 11.4 Å². The number of hydrogen-bond acceptors (Lipinski definition) is 2. The zero-order chi connectivity index (χ0) is 6.57. The van der Waals surface area contributed by atoms with Crippen molar-refractivity contribution < 1.29 is 0 Å². The van der Waals surface area contributed by atoms with E-state index in [-0.39, 0.29) is 0 Å². The van der Waals surface area contributed by atoms with Crippen molar-refractivity contribution in [3.63, 3.8) is 0 Å². The summed E-state index contributed by atoms with van der Waals surface area (Å²) >= 11 is 4.16. The fourth-order valence-corrected chi connectivity index (χ4v) is 0.720. The molecule has 0 aromatic rings. The van der Waals surface area contributed by atoms with Crippen LogP contribution in [0.15, 0.2) is 0 Å². The van der Waals surface area contributed by atoms with Gasteiger partial charge in [-0.25, -0.2) is 0 Å². The molecule has 0 saturated carbocycles. The summed E-state index contributed by atoms with van der Waals surface area (Å²) in [5, 5.41) is 0. The maximum Gasteiger partial charge on any atom is 0.0168 e. The van der Waals surface area contributed by atoms with Crippen molar-refractivity contribution in [2.75, 3.05) is 7.05 Å². The van der Waals surface area contributed by atoms with Crippen molar-refractivity contribution >= 4 is 12.8 Å². The molecule has 0 aromatic carbocycles. The maximum atomic E-state index is 4.16. The first kappa shape index (κ1) is 8.31. The minimum Gasteiger partial charge on any atom is -0.254 e. The van der Waals surface area contributed by atoms with Crippen molar-refractivity contribution in [3.8, 4) is 0 Å². The standard InChI is InChI=1S/C6H15NS/c1-4-5-6(2)7(3)8/h6,8H,4-5H2,1-3H3. The molecule has 0 rings (SSSR count). The summed E-state index contributed by atoms with van der Waals surface area (Å²) in [6, 6.07) is 0.614. The van der Waals surface area contributed by atoms with E-state index >= 15 is 0 Å². The summed E-state index contributed by atoms with van der Waals surface area (Å²) in [5.41, 5.74) is 0. The van der Waals surface area contributed by atoms with Gasteiger partial charge in [0.15, 0.2) is 0 Å². The highest BCUT2D eigenvalue weighted by atomic mass is 32.1. The Hall–Kier alpha value is 0.310. The smallest absolute Gasteiger partial charge is 0.0168 e. The fraction of sp³-hybridized carbons (Fsp3) is 1.00. The lowest BCUT2D eigenvalue weighted by Gasteiger charge is -2.16. The van der Waals surface area contributed by atoms with Gasteiger partial charge in [0, 0.05) is 6.04 Å². The zero-order valence-corrected chi connectivity index (χ0v) is 6.78. The molecule has 1 unspecified atom stereocenters. The summed E-state index contributed by atoms with van der Waals surface area (Å²) < 4.78 is 1.95. The highest BCUT2D eigenvalue weighted by Crippen LogP contribution is 2.04. The molecule has 50 valence electrons. The van der Waals surface area contributed by atoms with E-state index in [1.54, 1.807) is 0 Å². The summed E-state index contributed by atoms with van der Waals surface area (Å²) in [6.45, 7) is 4.37. The second-order valence-corrected chi connectivity index (χ2v) is 2.84. The molecule has 0 aliphatic carbocycles. The van der Waals surface area contributed by atoms with Gasteiger partial charge in [0.1, 0.15) is 0 Å². The minimum absolute atomic E-state index is 0.614. The first-order chi connectivity index (χ1) is 3.68. The Morgan fingerprint density at radius 2 is 2.12 bits per heavy atom. The molecule has 0 spiro atoms. The van der Waals surface area contributed by atoms with Gasteiger partial charge in [0.2, 0.25) is 0 Å². The second kappa shape index (κ2) is 4.21. The number of rotatable bonds is 3. The van der Waals surface area contributed by atoms with Crippen LogP contribution in [0.3, 0.4) is 0 Å². The van der Waals surface area contributed by atoms with Crippen LogP contribution < -0.4 is 0 Å². The van der Waals surface area contributed by atoms with E-state index in [0.717, 1.165) is 0 Å². The van der Waals surface area contributed by atoms with E-state index in [4.69, 9.17) is 0 Å². The fourth-order valence-electron chi connectivity index (χ4n) is 0.605. The molecule has 0 aromatic heterocycles. The monoisotopic (exact) mass is 133 g/mol. The van der Waals surface area contributed by atoms with Crippen LogP contribution in [-0.4, -0.2) is 17.4 Å². The maximum absolute atomic E-state index is 4.16. The van der Waals surface area contributed by atoms with Crippen LogP contribution in [0.5, 0.6) is 0 Å². The third-order valence-corrected chi connectivity index (χ3v) is 1.74. The van der Waals surface area contributed by atoms with Crippen LogP contribution in [0, 0.1) is 0 Å². The molecule has 0 amide bonds. The van der Waals surface area contributed by atoms with E-state index in [1.165, 1.54) is 12.8 Å². The first-order valence-corrected chi connectivity index (χ1v) is 3.50. The number of nitrogens with zero attached hydrogens (tertiary/aromatic N) is 1. The van der Waals surface area contributed by atoms with Crippen LogP contribution in [0.2, 0.25) is 0 Å². The SMILES string of the molecule is CCCC(C)N(C)S. The lowest BCUT2D eigenvalue weighted by Crippen LogP contribution is -2.18. The molecule has 0 aliphatic rings. The van der Waals surface area contributed by atoms with Crippen LogP contribution in [0.25, 0.3) is 0 Å². The third-order valence-electron chi connectivity index (χ3n) is 1.34. The largest absolute Gasteiger partial charge is 0.254 e. The van der Waals surface area contributed by atoms with E-state index < -0.39 is 0 Å². The Labute approximate surface area is 57.6 Å². The lowest BCUT2D eigenvalue weighted by molar-refractivity contribution is 0.413. The molecular weight excluding hydrogens is 118 g/mol. The molecule has 0 radical (unpaired) electrons. The van der Waals surface area contributed by atoms with E-state index in [0.29, 0.717) is 6.04 Å². The Balaban J connectivity index is 3.17. The number of hydrogen-bond donors (Lipinski definition) is 1. The topological polar surface area (TPSA) is 3.24 Å². The average Bonchev–Trinajstić information content (AvgIpc) is 1.67. The summed E-state index contributed by atoms with van der Waals surface area (Å²) in [5.74, 6) is 0. The van der Waals surface area contributed by atoms with E-state index in [2.05, 4.69) is 26.7 Å². The van der Waals surface area contributed by atoms with Gasteiger partial charge in [-0.3, -0.25) is 4.31 Å². The van der Waals surface area contributed by atoms with Gasteiger partial charge in [0.25, 0.3) is 0 Å². The molecule has 2 heteroatoms. The predicted molar refractivity (Wildman–Crippen MR) is 41.1 cm³/mol. The minimum atomic E-state index is 0.614. The highest BCUT2D eigenvalue weighted by Gasteiger charge is 2.00. The Bertz CT molecular complexity index is 54.5. The van der Waals surface area contributed by atoms with E-state index in [9.17, 15) is 0 Å². The van der Waals surface area contributed by atoms with Gasteiger partial charge >= 0.3 is 0 Å². The van der Waals surface area contributed by atoms with Gasteiger partial charge in [0.05, 0.1) is 0 Å². The van der Waals surface area contributed by atoms with Crippen LogP contribution in [0.1, 0.15) is 26.7 Å². The molecule has 0 saturated heterocycles. The number of thiol groups is 1. The Morgan fingerprint density at radius 3 is 2.25 bits per heavy atom. The molecule has 0 aliphatic heterocycles. The van der Waals surface area contributed by atoms with Crippen LogP contribution >= 0.6 is 12.8 Å². The summed E-state index contributed by atoms with van der Waals surface area (Å²) in [6.07, 6.45) is 2.48. The van der Waals surface area contributed by atoms with Crippen LogP contribution in [0.4, 0.5) is 0 Å².